The fourth-order valence-corrected chi connectivity index (χ4v) is 5.21. The van der Waals surface area contributed by atoms with Gasteiger partial charge in [0.2, 0.25) is 0 Å². The Bertz CT molecular complexity index is 1140. The molecule has 1 amide bonds. The highest BCUT2D eigenvalue weighted by molar-refractivity contribution is 7.09. The van der Waals surface area contributed by atoms with E-state index in [4.69, 9.17) is 14.2 Å². The van der Waals surface area contributed by atoms with Crippen LogP contribution in [0.4, 0.5) is 5.69 Å². The predicted octanol–water partition coefficient (Wildman–Crippen LogP) is 5.97. The highest BCUT2D eigenvalue weighted by Crippen LogP contribution is 2.36. The van der Waals surface area contributed by atoms with Gasteiger partial charge in [-0.15, -0.1) is 11.3 Å². The van der Waals surface area contributed by atoms with Crippen LogP contribution in [0.1, 0.15) is 60.3 Å². The second-order valence-corrected chi connectivity index (χ2v) is 9.72. The monoisotopic (exact) mass is 509 g/mol. The summed E-state index contributed by atoms with van der Waals surface area (Å²) >= 11 is 1.45. The number of carbonyl (C=O) groups excluding carboxylic acids is 1. The van der Waals surface area contributed by atoms with Crippen LogP contribution in [0.15, 0.2) is 47.8 Å². The van der Waals surface area contributed by atoms with E-state index < -0.39 is 0 Å². The highest BCUT2D eigenvalue weighted by Gasteiger charge is 2.25. The quantitative estimate of drug-likeness (QED) is 0.324. The zero-order valence-electron chi connectivity index (χ0n) is 21.3. The Morgan fingerprint density at radius 1 is 1.14 bits per heavy atom. The number of anilines is 1. The van der Waals surface area contributed by atoms with Crippen molar-refractivity contribution in [3.63, 3.8) is 0 Å². The minimum absolute atomic E-state index is 0.132. The van der Waals surface area contributed by atoms with Crippen molar-refractivity contribution in [3.05, 3.63) is 64.1 Å². The number of nitrogens with zero attached hydrogens (tertiary/aromatic N) is 2. The van der Waals surface area contributed by atoms with Crippen LogP contribution in [0.25, 0.3) is 0 Å². The number of nitrogens with one attached hydrogen (secondary N) is 1. The van der Waals surface area contributed by atoms with Crippen LogP contribution in [0.2, 0.25) is 0 Å². The molecule has 7 nitrogen and oxygen atoms in total. The maximum atomic E-state index is 12.9. The van der Waals surface area contributed by atoms with Gasteiger partial charge >= 0.3 is 0 Å². The SMILES string of the molecule is CCCN(CCC)CCOc1cc(NC(=O)c2csc(C3CCc4ccccc4O3)n2)ccc1OC. The summed E-state index contributed by atoms with van der Waals surface area (Å²) in [6.07, 6.45) is 3.88. The van der Waals surface area contributed by atoms with Crippen molar-refractivity contribution < 1.29 is 19.0 Å². The largest absolute Gasteiger partial charge is 0.493 e. The van der Waals surface area contributed by atoms with Gasteiger partial charge in [-0.05, 0) is 62.5 Å². The van der Waals surface area contributed by atoms with Crippen LogP contribution < -0.4 is 19.5 Å². The van der Waals surface area contributed by atoms with Gasteiger partial charge in [0.15, 0.2) is 17.6 Å². The van der Waals surface area contributed by atoms with Gasteiger partial charge in [-0.2, -0.15) is 0 Å². The minimum Gasteiger partial charge on any atom is -0.493 e. The summed E-state index contributed by atoms with van der Waals surface area (Å²) in [7, 11) is 1.61. The normalized spacial score (nSPS) is 14.7. The van der Waals surface area contributed by atoms with Crippen LogP contribution in [0.3, 0.4) is 0 Å². The number of fused-ring (bicyclic) bond motifs is 1. The number of hydrogen-bond donors (Lipinski definition) is 1. The van der Waals surface area contributed by atoms with Crippen molar-refractivity contribution in [2.45, 2.75) is 45.6 Å². The lowest BCUT2D eigenvalue weighted by atomic mass is 10.0. The van der Waals surface area contributed by atoms with Gasteiger partial charge in [-0.1, -0.05) is 32.0 Å². The summed E-state index contributed by atoms with van der Waals surface area (Å²) in [5.74, 6) is 1.88. The van der Waals surface area contributed by atoms with Crippen molar-refractivity contribution >= 4 is 22.9 Å². The van der Waals surface area contributed by atoms with E-state index in [0.717, 1.165) is 56.1 Å². The molecule has 0 saturated carbocycles. The molecule has 192 valence electrons. The number of carbonyl (C=O) groups is 1. The molecule has 0 radical (unpaired) electrons. The van der Waals surface area contributed by atoms with Gasteiger partial charge in [-0.25, -0.2) is 4.98 Å². The molecular formula is C28H35N3O4S. The van der Waals surface area contributed by atoms with E-state index in [9.17, 15) is 4.79 Å². The molecule has 2 aromatic carbocycles. The molecule has 0 bridgehead atoms. The first-order chi connectivity index (χ1) is 17.6. The first kappa shape index (κ1) is 26.0. The number of hydrogen-bond acceptors (Lipinski definition) is 7. The van der Waals surface area contributed by atoms with Gasteiger partial charge in [0.1, 0.15) is 23.1 Å². The van der Waals surface area contributed by atoms with E-state index in [0.29, 0.717) is 29.5 Å². The summed E-state index contributed by atoms with van der Waals surface area (Å²) < 4.78 is 17.6. The summed E-state index contributed by atoms with van der Waals surface area (Å²) in [5, 5.41) is 5.54. The van der Waals surface area contributed by atoms with Crippen molar-refractivity contribution in [1.29, 1.82) is 0 Å². The lowest BCUT2D eigenvalue weighted by Crippen LogP contribution is -2.30. The zero-order chi connectivity index (χ0) is 25.3. The molecule has 1 aliphatic rings. The van der Waals surface area contributed by atoms with E-state index in [-0.39, 0.29) is 12.0 Å². The first-order valence-electron chi connectivity index (χ1n) is 12.7. The number of thiazole rings is 1. The molecular weight excluding hydrogens is 474 g/mol. The lowest BCUT2D eigenvalue weighted by molar-refractivity contribution is 0.102. The van der Waals surface area contributed by atoms with E-state index in [1.165, 1.54) is 16.9 Å². The predicted molar refractivity (Wildman–Crippen MR) is 144 cm³/mol. The number of methoxy groups -OCH3 is 1. The van der Waals surface area contributed by atoms with Crippen LogP contribution in [-0.2, 0) is 6.42 Å². The maximum Gasteiger partial charge on any atom is 0.275 e. The van der Waals surface area contributed by atoms with Gasteiger partial charge in [-0.3, -0.25) is 9.69 Å². The smallest absolute Gasteiger partial charge is 0.275 e. The van der Waals surface area contributed by atoms with E-state index >= 15 is 0 Å². The second kappa shape index (κ2) is 12.7. The van der Waals surface area contributed by atoms with Gasteiger partial charge in [0, 0.05) is 23.7 Å². The van der Waals surface area contributed by atoms with Crippen LogP contribution in [0.5, 0.6) is 17.2 Å². The summed E-state index contributed by atoms with van der Waals surface area (Å²) in [4.78, 5) is 19.9. The Hall–Kier alpha value is -3.10. The van der Waals surface area contributed by atoms with Crippen LogP contribution >= 0.6 is 11.3 Å². The number of aryl methyl sites for hydroxylation is 1. The number of aromatic nitrogens is 1. The van der Waals surface area contributed by atoms with E-state index in [1.54, 1.807) is 30.7 Å². The average molecular weight is 510 g/mol. The standard InChI is InChI=1S/C28H35N3O4S/c1-4-14-31(15-5-2)16-17-34-26-18-21(11-13-24(26)33-3)29-27(32)22-19-36-28(30-22)25-12-10-20-8-6-7-9-23(20)35-25/h6-9,11,13,18-19,25H,4-5,10,12,14-17H2,1-3H3,(H,29,32). The van der Waals surface area contributed by atoms with Crippen LogP contribution in [-0.4, -0.2) is 49.1 Å². The number of para-hydroxylation sites is 1. The van der Waals surface area contributed by atoms with E-state index in [2.05, 4.69) is 35.1 Å². The summed E-state index contributed by atoms with van der Waals surface area (Å²) in [6.45, 7) is 7.87. The molecule has 8 heteroatoms. The number of benzene rings is 2. The summed E-state index contributed by atoms with van der Waals surface area (Å²) in [5.41, 5.74) is 2.22. The third-order valence-corrected chi connectivity index (χ3v) is 7.05. The van der Waals surface area contributed by atoms with Crippen molar-refractivity contribution in [2.24, 2.45) is 0 Å². The third-order valence-electron chi connectivity index (χ3n) is 6.11. The molecule has 1 aromatic heterocycles. The number of ether oxygens (including phenoxy) is 3. The molecule has 0 aliphatic carbocycles. The van der Waals surface area contributed by atoms with Gasteiger partial charge < -0.3 is 19.5 Å². The Morgan fingerprint density at radius 3 is 2.72 bits per heavy atom. The van der Waals surface area contributed by atoms with Crippen LogP contribution in [0, 0.1) is 0 Å². The lowest BCUT2D eigenvalue weighted by Gasteiger charge is -2.24. The Kier molecular flexibility index (Phi) is 9.19. The molecule has 36 heavy (non-hydrogen) atoms. The molecule has 1 unspecified atom stereocenters. The fraction of sp³-hybridized carbons (Fsp3) is 0.429. The van der Waals surface area contributed by atoms with Crippen molar-refractivity contribution in [1.82, 2.24) is 9.88 Å². The number of amides is 1. The fourth-order valence-electron chi connectivity index (χ4n) is 4.35. The average Bonchev–Trinajstić information content (AvgIpc) is 3.40. The molecule has 3 aromatic rings. The summed E-state index contributed by atoms with van der Waals surface area (Å²) in [6, 6.07) is 13.5. The topological polar surface area (TPSA) is 72.9 Å². The first-order valence-corrected chi connectivity index (χ1v) is 13.5. The Labute approximate surface area is 217 Å². The zero-order valence-corrected chi connectivity index (χ0v) is 22.1. The molecule has 1 N–H and O–H groups in total. The van der Waals surface area contributed by atoms with Crippen molar-refractivity contribution in [2.75, 3.05) is 38.7 Å². The third kappa shape index (κ3) is 6.56. The highest BCUT2D eigenvalue weighted by atomic mass is 32.1. The molecule has 0 saturated heterocycles. The second-order valence-electron chi connectivity index (χ2n) is 8.83. The molecule has 2 heterocycles. The molecule has 0 spiro atoms. The molecule has 0 fully saturated rings. The van der Waals surface area contributed by atoms with Gasteiger partial charge in [0.05, 0.1) is 7.11 Å². The Balaban J connectivity index is 1.37. The molecule has 1 aliphatic heterocycles. The molecule has 4 rings (SSSR count). The maximum absolute atomic E-state index is 12.9. The van der Waals surface area contributed by atoms with Crippen molar-refractivity contribution in [3.8, 4) is 17.2 Å². The van der Waals surface area contributed by atoms with E-state index in [1.807, 2.05) is 18.2 Å². The van der Waals surface area contributed by atoms with Gasteiger partial charge in [0.25, 0.3) is 5.91 Å². The molecule has 1 atom stereocenters. The minimum atomic E-state index is -0.262. The Morgan fingerprint density at radius 2 is 1.94 bits per heavy atom. The number of rotatable bonds is 12.